The summed E-state index contributed by atoms with van der Waals surface area (Å²) in [5.74, 6) is -1.26. The van der Waals surface area contributed by atoms with Gasteiger partial charge in [-0.25, -0.2) is 0 Å². The van der Waals surface area contributed by atoms with E-state index >= 15 is 0 Å². The smallest absolute Gasteiger partial charge is 0.269 e. The van der Waals surface area contributed by atoms with Crippen molar-refractivity contribution in [2.24, 2.45) is 5.92 Å². The summed E-state index contributed by atoms with van der Waals surface area (Å²) in [6, 6.07) is 7.82. The Bertz CT molecular complexity index is 486. The quantitative estimate of drug-likeness (QED) is 0.705. The number of carbonyl (C=O) groups excluding carboxylic acids is 3. The summed E-state index contributed by atoms with van der Waals surface area (Å²) in [7, 11) is 0. The monoisotopic (exact) mass is 277 g/mol. The van der Waals surface area contributed by atoms with Gasteiger partial charge in [0, 0.05) is 12.5 Å². The Hall–Kier alpha value is -2.37. The van der Waals surface area contributed by atoms with Crippen molar-refractivity contribution in [3.8, 4) is 0 Å². The molecule has 6 nitrogen and oxygen atoms in total. The minimum absolute atomic E-state index is 0.0903. The molecule has 1 unspecified atom stereocenters. The standard InChI is InChI=1S/C14H19N3O3/c1-9(2)12(15-10(3)18)14(20)17-16-13(19)11-7-5-4-6-8-11/h4-9,12H,1-3H3,(H,15,18)(H,16,19)(H,17,20). The Kier molecular flexibility index (Phi) is 5.71. The predicted molar refractivity (Wildman–Crippen MR) is 74.5 cm³/mol. The van der Waals surface area contributed by atoms with Gasteiger partial charge in [0.25, 0.3) is 11.8 Å². The summed E-state index contributed by atoms with van der Waals surface area (Å²) in [6.07, 6.45) is 0. The number of carbonyl (C=O) groups is 3. The van der Waals surface area contributed by atoms with E-state index in [4.69, 9.17) is 0 Å². The molecule has 1 atom stereocenters. The first-order valence-corrected chi connectivity index (χ1v) is 6.34. The third-order valence-corrected chi connectivity index (χ3v) is 2.64. The molecule has 0 saturated heterocycles. The van der Waals surface area contributed by atoms with Crippen molar-refractivity contribution in [1.82, 2.24) is 16.2 Å². The van der Waals surface area contributed by atoms with Crippen LogP contribution in [0.25, 0.3) is 0 Å². The number of hydrogen-bond acceptors (Lipinski definition) is 3. The van der Waals surface area contributed by atoms with Gasteiger partial charge in [-0.05, 0) is 18.1 Å². The lowest BCUT2D eigenvalue weighted by Crippen LogP contribution is -2.54. The topological polar surface area (TPSA) is 87.3 Å². The molecule has 0 fully saturated rings. The molecule has 0 aromatic heterocycles. The lowest BCUT2D eigenvalue weighted by atomic mass is 10.0. The van der Waals surface area contributed by atoms with Crippen molar-refractivity contribution >= 4 is 17.7 Å². The van der Waals surface area contributed by atoms with Crippen LogP contribution in [0.15, 0.2) is 30.3 Å². The normalized spacial score (nSPS) is 11.6. The molecule has 0 radical (unpaired) electrons. The van der Waals surface area contributed by atoms with E-state index in [-0.39, 0.29) is 11.8 Å². The highest BCUT2D eigenvalue weighted by atomic mass is 16.2. The van der Waals surface area contributed by atoms with E-state index in [2.05, 4.69) is 16.2 Å². The zero-order valence-corrected chi connectivity index (χ0v) is 11.8. The molecule has 0 aliphatic carbocycles. The van der Waals surface area contributed by atoms with Crippen molar-refractivity contribution in [3.05, 3.63) is 35.9 Å². The first-order chi connectivity index (χ1) is 9.41. The molecule has 0 spiro atoms. The van der Waals surface area contributed by atoms with Crippen molar-refractivity contribution in [3.63, 3.8) is 0 Å². The highest BCUT2D eigenvalue weighted by molar-refractivity contribution is 5.96. The van der Waals surface area contributed by atoms with Gasteiger partial charge in [0.1, 0.15) is 6.04 Å². The maximum absolute atomic E-state index is 11.9. The zero-order chi connectivity index (χ0) is 15.1. The molecule has 0 aliphatic heterocycles. The molecule has 1 aromatic carbocycles. The fourth-order valence-corrected chi connectivity index (χ4v) is 1.61. The molecule has 0 bridgehead atoms. The number of nitrogens with one attached hydrogen (secondary N) is 3. The number of rotatable bonds is 4. The van der Waals surface area contributed by atoms with Crippen LogP contribution in [0.2, 0.25) is 0 Å². The molecule has 3 amide bonds. The Balaban J connectivity index is 2.57. The second-order valence-electron chi connectivity index (χ2n) is 4.73. The summed E-state index contributed by atoms with van der Waals surface area (Å²) in [4.78, 5) is 34.7. The summed E-state index contributed by atoms with van der Waals surface area (Å²) in [6.45, 7) is 4.95. The van der Waals surface area contributed by atoms with Crippen LogP contribution >= 0.6 is 0 Å². The largest absolute Gasteiger partial charge is 0.344 e. The lowest BCUT2D eigenvalue weighted by Gasteiger charge is -2.20. The molecule has 0 heterocycles. The summed E-state index contributed by atoms with van der Waals surface area (Å²) < 4.78 is 0. The van der Waals surface area contributed by atoms with Gasteiger partial charge in [-0.2, -0.15) is 0 Å². The Morgan fingerprint density at radius 2 is 1.60 bits per heavy atom. The van der Waals surface area contributed by atoms with Crippen LogP contribution in [-0.2, 0) is 9.59 Å². The SMILES string of the molecule is CC(=O)NC(C(=O)NNC(=O)c1ccccc1)C(C)C. The summed E-state index contributed by atoms with van der Waals surface area (Å²) in [5.41, 5.74) is 5.07. The van der Waals surface area contributed by atoms with Gasteiger partial charge in [0.05, 0.1) is 0 Å². The molecule has 1 aromatic rings. The average molecular weight is 277 g/mol. The lowest BCUT2D eigenvalue weighted by molar-refractivity contribution is -0.129. The molecular formula is C14H19N3O3. The van der Waals surface area contributed by atoms with Crippen molar-refractivity contribution in [2.75, 3.05) is 0 Å². The summed E-state index contributed by atoms with van der Waals surface area (Å²) >= 11 is 0. The van der Waals surface area contributed by atoms with E-state index in [0.717, 1.165) is 0 Å². The van der Waals surface area contributed by atoms with E-state index in [0.29, 0.717) is 5.56 Å². The van der Waals surface area contributed by atoms with E-state index in [1.807, 2.05) is 0 Å². The molecule has 108 valence electrons. The molecular weight excluding hydrogens is 258 g/mol. The highest BCUT2D eigenvalue weighted by Crippen LogP contribution is 2.01. The van der Waals surface area contributed by atoms with Gasteiger partial charge in [-0.3, -0.25) is 25.2 Å². The Labute approximate surface area is 117 Å². The van der Waals surface area contributed by atoms with Crippen LogP contribution in [0.1, 0.15) is 31.1 Å². The van der Waals surface area contributed by atoms with Crippen molar-refractivity contribution in [2.45, 2.75) is 26.8 Å². The number of hydrazine groups is 1. The molecule has 3 N–H and O–H groups in total. The average Bonchev–Trinajstić information content (AvgIpc) is 2.42. The minimum Gasteiger partial charge on any atom is -0.344 e. The number of hydrogen-bond donors (Lipinski definition) is 3. The van der Waals surface area contributed by atoms with Crippen LogP contribution in [0.4, 0.5) is 0 Å². The fraction of sp³-hybridized carbons (Fsp3) is 0.357. The fourth-order valence-electron chi connectivity index (χ4n) is 1.61. The van der Waals surface area contributed by atoms with Gasteiger partial charge >= 0.3 is 0 Å². The molecule has 1 rings (SSSR count). The number of amides is 3. The summed E-state index contributed by atoms with van der Waals surface area (Å²) in [5, 5.41) is 2.54. The van der Waals surface area contributed by atoms with Gasteiger partial charge in [-0.15, -0.1) is 0 Å². The molecule has 6 heteroatoms. The van der Waals surface area contributed by atoms with Crippen molar-refractivity contribution in [1.29, 1.82) is 0 Å². The van der Waals surface area contributed by atoms with Crippen LogP contribution in [-0.4, -0.2) is 23.8 Å². The van der Waals surface area contributed by atoms with Crippen molar-refractivity contribution < 1.29 is 14.4 Å². The number of benzene rings is 1. The van der Waals surface area contributed by atoms with E-state index < -0.39 is 17.9 Å². The molecule has 0 saturated carbocycles. The van der Waals surface area contributed by atoms with Gasteiger partial charge in [-0.1, -0.05) is 32.0 Å². The predicted octanol–water partition coefficient (Wildman–Crippen LogP) is 0.608. The van der Waals surface area contributed by atoms with E-state index in [9.17, 15) is 14.4 Å². The Morgan fingerprint density at radius 1 is 1.00 bits per heavy atom. The maximum atomic E-state index is 11.9. The minimum atomic E-state index is -0.691. The van der Waals surface area contributed by atoms with E-state index in [1.54, 1.807) is 44.2 Å². The van der Waals surface area contributed by atoms with Gasteiger partial charge < -0.3 is 5.32 Å². The second kappa shape index (κ2) is 7.28. The first kappa shape index (κ1) is 15.7. The van der Waals surface area contributed by atoms with Crippen LogP contribution < -0.4 is 16.2 Å². The first-order valence-electron chi connectivity index (χ1n) is 6.34. The van der Waals surface area contributed by atoms with Crippen LogP contribution in [0.5, 0.6) is 0 Å². The van der Waals surface area contributed by atoms with E-state index in [1.165, 1.54) is 6.92 Å². The third-order valence-electron chi connectivity index (χ3n) is 2.64. The van der Waals surface area contributed by atoms with Crippen LogP contribution in [0.3, 0.4) is 0 Å². The van der Waals surface area contributed by atoms with Gasteiger partial charge in [0.2, 0.25) is 5.91 Å². The molecule has 0 aliphatic rings. The highest BCUT2D eigenvalue weighted by Gasteiger charge is 2.23. The second-order valence-corrected chi connectivity index (χ2v) is 4.73. The Morgan fingerprint density at radius 3 is 2.10 bits per heavy atom. The zero-order valence-electron chi connectivity index (χ0n) is 11.8. The molecule has 20 heavy (non-hydrogen) atoms. The van der Waals surface area contributed by atoms with Crippen LogP contribution in [0, 0.1) is 5.92 Å². The maximum Gasteiger partial charge on any atom is 0.269 e. The van der Waals surface area contributed by atoms with Gasteiger partial charge in [0.15, 0.2) is 0 Å². The third kappa shape index (κ3) is 4.72.